The molecule has 0 aliphatic carbocycles. The van der Waals surface area contributed by atoms with Gasteiger partial charge in [0.25, 0.3) is 0 Å². The molecule has 0 amide bonds. The summed E-state index contributed by atoms with van der Waals surface area (Å²) in [6.45, 7) is 1.72. The summed E-state index contributed by atoms with van der Waals surface area (Å²) in [7, 11) is 0. The zero-order valence-electron chi connectivity index (χ0n) is 6.13. The molecule has 1 aliphatic heterocycles. The summed E-state index contributed by atoms with van der Waals surface area (Å²) >= 11 is 5.49. The number of allylic oxidation sites excluding steroid dienone is 1. The number of hydrogen-bond donors (Lipinski definition) is 1. The van der Waals surface area contributed by atoms with Crippen LogP contribution in [0.5, 0.6) is 0 Å². The minimum absolute atomic E-state index is 0.0177. The summed E-state index contributed by atoms with van der Waals surface area (Å²) in [5.41, 5.74) is -1.20. The smallest absolute Gasteiger partial charge is 0.349 e. The van der Waals surface area contributed by atoms with Crippen LogP contribution in [-0.4, -0.2) is 22.6 Å². The third-order valence-corrected chi connectivity index (χ3v) is 2.11. The quantitative estimate of drug-likeness (QED) is 0.647. The van der Waals surface area contributed by atoms with Crippen molar-refractivity contribution in [3.8, 4) is 0 Å². The van der Waals surface area contributed by atoms with Gasteiger partial charge in [-0.1, -0.05) is 0 Å². The van der Waals surface area contributed by atoms with E-state index < -0.39 is 11.6 Å². The van der Waals surface area contributed by atoms with E-state index in [9.17, 15) is 4.79 Å². The molecule has 1 N–H and O–H groups in total. The molecule has 0 bridgehead atoms. The summed E-state index contributed by atoms with van der Waals surface area (Å²) in [5, 5.41) is 8.74. The number of carbonyl (C=O) groups is 1. The fourth-order valence-electron chi connectivity index (χ4n) is 0.970. The molecule has 0 radical (unpaired) electrons. The van der Waals surface area contributed by atoms with E-state index in [-0.39, 0.29) is 5.88 Å². The van der Waals surface area contributed by atoms with Gasteiger partial charge < -0.3 is 9.84 Å². The van der Waals surface area contributed by atoms with Gasteiger partial charge in [0.1, 0.15) is 0 Å². The van der Waals surface area contributed by atoms with Crippen LogP contribution in [0.15, 0.2) is 11.8 Å². The highest BCUT2D eigenvalue weighted by Crippen LogP contribution is 2.29. The van der Waals surface area contributed by atoms with E-state index in [1.807, 2.05) is 0 Å². The molecule has 1 aliphatic rings. The van der Waals surface area contributed by atoms with Gasteiger partial charge in [-0.25, -0.2) is 4.79 Å². The lowest BCUT2D eigenvalue weighted by molar-refractivity contribution is -0.155. The second-order valence-electron chi connectivity index (χ2n) is 2.55. The number of alkyl halides is 1. The molecule has 1 atom stereocenters. The van der Waals surface area contributed by atoms with Crippen LogP contribution < -0.4 is 0 Å². The fraction of sp³-hybridized carbons (Fsp3) is 0.571. The van der Waals surface area contributed by atoms with E-state index in [0.717, 1.165) is 0 Å². The second kappa shape index (κ2) is 2.74. The summed E-state index contributed by atoms with van der Waals surface area (Å²) in [5.74, 6) is -0.385. The second-order valence-corrected chi connectivity index (χ2v) is 2.82. The van der Waals surface area contributed by atoms with Gasteiger partial charge in [-0.05, 0) is 13.0 Å². The van der Waals surface area contributed by atoms with E-state index in [0.29, 0.717) is 12.2 Å². The first-order chi connectivity index (χ1) is 5.10. The molecule has 4 heteroatoms. The van der Waals surface area contributed by atoms with Crippen LogP contribution in [0.2, 0.25) is 0 Å². The molecule has 0 aromatic heterocycles. The van der Waals surface area contributed by atoms with Gasteiger partial charge in [0.15, 0.2) is 0 Å². The number of hydrogen-bond acceptors (Lipinski definition) is 2. The van der Waals surface area contributed by atoms with Gasteiger partial charge in [-0.15, -0.1) is 11.6 Å². The zero-order chi connectivity index (χ0) is 8.48. The van der Waals surface area contributed by atoms with Crippen molar-refractivity contribution in [2.24, 2.45) is 0 Å². The van der Waals surface area contributed by atoms with E-state index in [1.54, 1.807) is 13.0 Å². The van der Waals surface area contributed by atoms with Crippen molar-refractivity contribution in [1.82, 2.24) is 0 Å². The summed E-state index contributed by atoms with van der Waals surface area (Å²) in [6, 6.07) is 0. The molecule has 0 aromatic rings. The SMILES string of the molecule is CC1=CCC(CCl)(C(=O)O)O1. The monoisotopic (exact) mass is 176 g/mol. The highest BCUT2D eigenvalue weighted by molar-refractivity contribution is 6.20. The molecule has 0 spiro atoms. The Kier molecular flexibility index (Phi) is 2.09. The molecular formula is C7H9ClO3. The molecule has 0 saturated carbocycles. The first-order valence-corrected chi connectivity index (χ1v) is 3.79. The third-order valence-electron chi connectivity index (χ3n) is 1.68. The minimum Gasteiger partial charge on any atom is -0.479 e. The lowest BCUT2D eigenvalue weighted by Gasteiger charge is -2.21. The Labute approximate surface area is 69.6 Å². The van der Waals surface area contributed by atoms with Gasteiger partial charge in [0.05, 0.1) is 11.6 Å². The van der Waals surface area contributed by atoms with Crippen molar-refractivity contribution in [1.29, 1.82) is 0 Å². The van der Waals surface area contributed by atoms with Crippen LogP contribution in [0.3, 0.4) is 0 Å². The van der Waals surface area contributed by atoms with Gasteiger partial charge >= 0.3 is 5.97 Å². The van der Waals surface area contributed by atoms with E-state index in [1.165, 1.54) is 0 Å². The van der Waals surface area contributed by atoms with Crippen molar-refractivity contribution in [3.63, 3.8) is 0 Å². The van der Waals surface area contributed by atoms with Crippen LogP contribution in [0, 0.1) is 0 Å². The molecule has 1 heterocycles. The molecule has 3 nitrogen and oxygen atoms in total. The topological polar surface area (TPSA) is 46.5 Å². The van der Waals surface area contributed by atoms with E-state index >= 15 is 0 Å². The number of carboxylic acid groups (broad SMARTS) is 1. The van der Waals surface area contributed by atoms with Crippen LogP contribution >= 0.6 is 11.6 Å². The maximum absolute atomic E-state index is 10.7. The van der Waals surface area contributed by atoms with Gasteiger partial charge in [0, 0.05) is 6.42 Å². The van der Waals surface area contributed by atoms with Gasteiger partial charge in [-0.3, -0.25) is 0 Å². The Morgan fingerprint density at radius 1 is 2.00 bits per heavy atom. The number of carboxylic acids is 1. The molecule has 1 rings (SSSR count). The normalized spacial score (nSPS) is 29.5. The first-order valence-electron chi connectivity index (χ1n) is 3.26. The van der Waals surface area contributed by atoms with Crippen LogP contribution in [0.25, 0.3) is 0 Å². The van der Waals surface area contributed by atoms with Crippen molar-refractivity contribution in [2.75, 3.05) is 5.88 Å². The Balaban J connectivity index is 2.75. The molecule has 11 heavy (non-hydrogen) atoms. The fourth-order valence-corrected chi connectivity index (χ4v) is 1.25. The predicted molar refractivity (Wildman–Crippen MR) is 40.5 cm³/mol. The van der Waals surface area contributed by atoms with Crippen molar-refractivity contribution in [2.45, 2.75) is 18.9 Å². The number of aliphatic carboxylic acids is 1. The first kappa shape index (κ1) is 8.40. The Hall–Kier alpha value is -0.700. The van der Waals surface area contributed by atoms with Gasteiger partial charge in [0.2, 0.25) is 5.60 Å². The molecule has 0 fully saturated rings. The number of halogens is 1. The average molecular weight is 177 g/mol. The van der Waals surface area contributed by atoms with Crippen molar-refractivity contribution in [3.05, 3.63) is 11.8 Å². The molecular weight excluding hydrogens is 168 g/mol. The van der Waals surface area contributed by atoms with Crippen molar-refractivity contribution >= 4 is 17.6 Å². The van der Waals surface area contributed by atoms with Crippen LogP contribution in [0.1, 0.15) is 13.3 Å². The van der Waals surface area contributed by atoms with Crippen LogP contribution in [0.4, 0.5) is 0 Å². The minimum atomic E-state index is -1.20. The largest absolute Gasteiger partial charge is 0.479 e. The van der Waals surface area contributed by atoms with E-state index in [2.05, 4.69) is 0 Å². The Bertz CT molecular complexity index is 212. The summed E-state index contributed by atoms with van der Waals surface area (Å²) < 4.78 is 5.09. The third kappa shape index (κ3) is 1.33. The maximum Gasteiger partial charge on any atom is 0.349 e. The van der Waals surface area contributed by atoms with E-state index in [4.69, 9.17) is 21.4 Å². The zero-order valence-corrected chi connectivity index (χ0v) is 6.89. The molecule has 0 saturated heterocycles. The maximum atomic E-state index is 10.7. The van der Waals surface area contributed by atoms with Crippen LogP contribution in [-0.2, 0) is 9.53 Å². The lowest BCUT2D eigenvalue weighted by atomic mass is 10.0. The van der Waals surface area contributed by atoms with Crippen molar-refractivity contribution < 1.29 is 14.6 Å². The highest BCUT2D eigenvalue weighted by atomic mass is 35.5. The molecule has 0 aromatic carbocycles. The Morgan fingerprint density at radius 2 is 2.64 bits per heavy atom. The highest BCUT2D eigenvalue weighted by Gasteiger charge is 2.42. The van der Waals surface area contributed by atoms with Gasteiger partial charge in [-0.2, -0.15) is 0 Å². The predicted octanol–water partition coefficient (Wildman–Crippen LogP) is 1.37. The standard InChI is InChI=1S/C7H9ClO3/c1-5-2-3-7(4-8,11-5)6(9)10/h2H,3-4H2,1H3,(H,9,10). The number of ether oxygens (including phenoxy) is 1. The lowest BCUT2D eigenvalue weighted by Crippen LogP contribution is -2.40. The average Bonchev–Trinajstić information content (AvgIpc) is 2.33. The molecule has 1 unspecified atom stereocenters. The summed E-state index contributed by atoms with van der Waals surface area (Å²) in [4.78, 5) is 10.7. The Morgan fingerprint density at radius 3 is 2.82 bits per heavy atom. The molecule has 62 valence electrons. The summed E-state index contributed by atoms with van der Waals surface area (Å²) in [6.07, 6.45) is 2.09. The number of rotatable bonds is 2.